The third-order valence-electron chi connectivity index (χ3n) is 6.92. The summed E-state index contributed by atoms with van der Waals surface area (Å²) in [5.74, 6) is -0.710. The molecule has 2 aliphatic rings. The number of nitrogens with zero attached hydrogens (tertiary/aromatic N) is 2. The standard InChI is InChI=1S/C23H28FN3O3S/c1-26(2)23(17-7-5-4-6-8-17)13-11-22(12-14-23)16-27(21(28)25-22)20-10-9-18(15-19(20)24)31(3,29)30/h4-10,15H,11-14,16H2,1-3H3,(H,25,28)/t22-,23+. The van der Waals surface area contributed by atoms with Crippen LogP contribution in [0.15, 0.2) is 53.4 Å². The first kappa shape index (κ1) is 21.8. The Hall–Kier alpha value is -2.45. The molecule has 2 amide bonds. The van der Waals surface area contributed by atoms with Gasteiger partial charge in [0.15, 0.2) is 9.84 Å². The van der Waals surface area contributed by atoms with E-state index in [1.807, 2.05) is 18.2 Å². The number of amides is 2. The first-order valence-electron chi connectivity index (χ1n) is 10.4. The van der Waals surface area contributed by atoms with Gasteiger partial charge >= 0.3 is 6.03 Å². The molecular weight excluding hydrogens is 417 g/mol. The maximum atomic E-state index is 14.7. The molecule has 4 rings (SSSR count). The van der Waals surface area contributed by atoms with E-state index >= 15 is 0 Å². The maximum absolute atomic E-state index is 14.7. The smallest absolute Gasteiger partial charge is 0.322 e. The van der Waals surface area contributed by atoms with Gasteiger partial charge in [0.25, 0.3) is 0 Å². The molecule has 0 radical (unpaired) electrons. The van der Waals surface area contributed by atoms with E-state index in [9.17, 15) is 17.6 Å². The molecule has 1 N–H and O–H groups in total. The largest absolute Gasteiger partial charge is 0.330 e. The first-order chi connectivity index (χ1) is 14.6. The van der Waals surface area contributed by atoms with Gasteiger partial charge in [0.1, 0.15) is 5.82 Å². The number of rotatable bonds is 4. The van der Waals surface area contributed by atoms with Crippen molar-refractivity contribution in [1.82, 2.24) is 10.2 Å². The summed E-state index contributed by atoms with van der Waals surface area (Å²) in [5, 5.41) is 3.10. The van der Waals surface area contributed by atoms with Crippen molar-refractivity contribution < 1.29 is 17.6 Å². The van der Waals surface area contributed by atoms with Crippen LogP contribution in [0.2, 0.25) is 0 Å². The lowest BCUT2D eigenvalue weighted by Gasteiger charge is -2.48. The third kappa shape index (κ3) is 3.83. The van der Waals surface area contributed by atoms with E-state index in [0.29, 0.717) is 6.54 Å². The summed E-state index contributed by atoms with van der Waals surface area (Å²) >= 11 is 0. The first-order valence-corrected chi connectivity index (χ1v) is 12.3. The van der Waals surface area contributed by atoms with Crippen molar-refractivity contribution in [3.63, 3.8) is 0 Å². The topological polar surface area (TPSA) is 69.7 Å². The molecule has 166 valence electrons. The van der Waals surface area contributed by atoms with E-state index in [-0.39, 0.29) is 22.2 Å². The van der Waals surface area contributed by atoms with Gasteiger partial charge in [0.2, 0.25) is 0 Å². The highest BCUT2D eigenvalue weighted by Crippen LogP contribution is 2.46. The van der Waals surface area contributed by atoms with E-state index < -0.39 is 21.2 Å². The van der Waals surface area contributed by atoms with Gasteiger partial charge < -0.3 is 5.32 Å². The fourth-order valence-electron chi connectivity index (χ4n) is 5.01. The van der Waals surface area contributed by atoms with E-state index in [1.165, 1.54) is 22.6 Å². The quantitative estimate of drug-likeness (QED) is 0.782. The predicted octanol–water partition coefficient (Wildman–Crippen LogP) is 3.53. The molecular formula is C23H28FN3O3S. The lowest BCUT2D eigenvalue weighted by atomic mass is 9.69. The summed E-state index contributed by atoms with van der Waals surface area (Å²) in [6.07, 6.45) is 4.31. The Bertz CT molecular complexity index is 1090. The van der Waals surface area contributed by atoms with Crippen molar-refractivity contribution in [2.75, 3.05) is 31.8 Å². The molecule has 1 spiro atoms. The molecule has 0 unspecified atom stereocenters. The zero-order chi connectivity index (χ0) is 22.4. The van der Waals surface area contributed by atoms with Crippen LogP contribution in [0.3, 0.4) is 0 Å². The van der Waals surface area contributed by atoms with Crippen molar-refractivity contribution in [2.24, 2.45) is 0 Å². The number of benzene rings is 2. The van der Waals surface area contributed by atoms with Gasteiger partial charge in [-0.1, -0.05) is 30.3 Å². The lowest BCUT2D eigenvalue weighted by molar-refractivity contribution is 0.0657. The molecule has 8 heteroatoms. The van der Waals surface area contributed by atoms with Crippen LogP contribution in [0.5, 0.6) is 0 Å². The minimum atomic E-state index is -3.52. The molecule has 1 aliphatic carbocycles. The molecule has 1 saturated carbocycles. The van der Waals surface area contributed by atoms with E-state index in [4.69, 9.17) is 0 Å². The Labute approximate surface area is 183 Å². The molecule has 2 aromatic rings. The van der Waals surface area contributed by atoms with Gasteiger partial charge in [-0.05, 0) is 63.5 Å². The fraction of sp³-hybridized carbons (Fsp3) is 0.435. The zero-order valence-electron chi connectivity index (χ0n) is 18.1. The number of halogens is 1. The van der Waals surface area contributed by atoms with Crippen molar-refractivity contribution in [3.8, 4) is 0 Å². The minimum absolute atomic E-state index is 0.0978. The Morgan fingerprint density at radius 1 is 1.03 bits per heavy atom. The van der Waals surface area contributed by atoms with E-state index in [2.05, 4.69) is 36.4 Å². The van der Waals surface area contributed by atoms with E-state index in [0.717, 1.165) is 38.0 Å². The highest BCUT2D eigenvalue weighted by Gasteiger charge is 2.50. The van der Waals surface area contributed by atoms with Gasteiger partial charge in [-0.25, -0.2) is 17.6 Å². The number of sulfone groups is 1. The van der Waals surface area contributed by atoms with Crippen LogP contribution in [0.25, 0.3) is 0 Å². The van der Waals surface area contributed by atoms with Crippen molar-refractivity contribution in [3.05, 3.63) is 59.9 Å². The number of nitrogens with one attached hydrogen (secondary N) is 1. The van der Waals surface area contributed by atoms with Crippen LogP contribution in [0.4, 0.5) is 14.9 Å². The van der Waals surface area contributed by atoms with Crippen molar-refractivity contribution >= 4 is 21.6 Å². The average molecular weight is 446 g/mol. The maximum Gasteiger partial charge on any atom is 0.322 e. The monoisotopic (exact) mass is 445 g/mol. The summed E-state index contributed by atoms with van der Waals surface area (Å²) < 4.78 is 38.1. The number of urea groups is 1. The molecule has 1 aliphatic heterocycles. The average Bonchev–Trinajstić information content (AvgIpc) is 3.04. The highest BCUT2D eigenvalue weighted by molar-refractivity contribution is 7.90. The van der Waals surface area contributed by atoms with Crippen LogP contribution in [-0.4, -0.2) is 51.8 Å². The van der Waals surface area contributed by atoms with Gasteiger partial charge in [-0.3, -0.25) is 9.80 Å². The van der Waals surface area contributed by atoms with Crippen molar-refractivity contribution in [2.45, 2.75) is 41.7 Å². The molecule has 0 bridgehead atoms. The molecule has 0 aromatic heterocycles. The Morgan fingerprint density at radius 3 is 2.23 bits per heavy atom. The molecule has 31 heavy (non-hydrogen) atoms. The van der Waals surface area contributed by atoms with Crippen LogP contribution < -0.4 is 10.2 Å². The predicted molar refractivity (Wildman–Crippen MR) is 118 cm³/mol. The number of anilines is 1. The Morgan fingerprint density at radius 2 is 1.68 bits per heavy atom. The molecule has 2 fully saturated rings. The Balaban J connectivity index is 1.57. The Kier molecular flexibility index (Phi) is 5.34. The molecule has 2 aromatic carbocycles. The molecule has 0 atom stereocenters. The molecule has 6 nitrogen and oxygen atoms in total. The van der Waals surface area contributed by atoms with Gasteiger partial charge in [-0.2, -0.15) is 0 Å². The highest BCUT2D eigenvalue weighted by atomic mass is 32.2. The molecule has 1 saturated heterocycles. The summed E-state index contributed by atoms with van der Waals surface area (Å²) in [5.41, 5.74) is 0.841. The van der Waals surface area contributed by atoms with Gasteiger partial charge in [-0.15, -0.1) is 0 Å². The van der Waals surface area contributed by atoms with Gasteiger partial charge in [0.05, 0.1) is 22.7 Å². The van der Waals surface area contributed by atoms with Crippen LogP contribution in [0, 0.1) is 5.82 Å². The minimum Gasteiger partial charge on any atom is -0.330 e. The normalized spacial score (nSPS) is 26.5. The number of carbonyl (C=O) groups is 1. The van der Waals surface area contributed by atoms with E-state index in [1.54, 1.807) is 0 Å². The second kappa shape index (κ2) is 7.60. The van der Waals surface area contributed by atoms with Crippen LogP contribution in [0.1, 0.15) is 31.2 Å². The zero-order valence-corrected chi connectivity index (χ0v) is 18.9. The second-order valence-electron chi connectivity index (χ2n) is 8.97. The van der Waals surface area contributed by atoms with Crippen LogP contribution in [-0.2, 0) is 15.4 Å². The third-order valence-corrected chi connectivity index (χ3v) is 8.03. The summed E-state index contributed by atoms with van der Waals surface area (Å²) in [6.45, 7) is 0.360. The summed E-state index contributed by atoms with van der Waals surface area (Å²) in [6, 6.07) is 13.8. The number of carbonyl (C=O) groups excluding carboxylic acids is 1. The lowest BCUT2D eigenvalue weighted by Crippen LogP contribution is -2.54. The summed E-state index contributed by atoms with van der Waals surface area (Å²) in [7, 11) is 0.656. The van der Waals surface area contributed by atoms with Crippen molar-refractivity contribution in [1.29, 1.82) is 0 Å². The second-order valence-corrected chi connectivity index (χ2v) is 11.0. The van der Waals surface area contributed by atoms with Crippen LogP contribution >= 0.6 is 0 Å². The summed E-state index contributed by atoms with van der Waals surface area (Å²) in [4.78, 5) is 16.3. The fourth-order valence-corrected chi connectivity index (χ4v) is 5.64. The number of hydrogen-bond donors (Lipinski definition) is 1. The SMILES string of the molecule is CN(C)[C@]1(c2ccccc2)CC[C@]2(CC1)CN(c1ccc(S(C)(=O)=O)cc1F)C(=O)N2. The van der Waals surface area contributed by atoms with Gasteiger partial charge in [0, 0.05) is 11.8 Å². The molecule has 1 heterocycles. The number of hydrogen-bond acceptors (Lipinski definition) is 4.